The van der Waals surface area contributed by atoms with Crippen molar-refractivity contribution in [1.82, 2.24) is 0 Å². The number of allylic oxidation sites excluding steroid dienone is 3. The van der Waals surface area contributed by atoms with Crippen LogP contribution >= 0.6 is 0 Å². The predicted molar refractivity (Wildman–Crippen MR) is 45.0 cm³/mol. The van der Waals surface area contributed by atoms with Crippen LogP contribution in [0, 0.1) is 10.1 Å². The molecule has 0 aliphatic rings. The van der Waals surface area contributed by atoms with E-state index in [1.807, 2.05) is 12.2 Å². The first-order chi connectivity index (χ1) is 5.27. The SMILES string of the molecule is C=C/C=C/CCCC[N+](=O)[O-]. The van der Waals surface area contributed by atoms with Crippen molar-refractivity contribution in [2.24, 2.45) is 0 Å². The summed E-state index contributed by atoms with van der Waals surface area (Å²) in [7, 11) is 0. The van der Waals surface area contributed by atoms with Crippen LogP contribution in [0.2, 0.25) is 0 Å². The molecule has 0 fully saturated rings. The Bertz CT molecular complexity index is 152. The zero-order chi connectivity index (χ0) is 8.53. The zero-order valence-corrected chi connectivity index (χ0v) is 6.53. The first-order valence-corrected chi connectivity index (χ1v) is 3.66. The number of rotatable bonds is 6. The van der Waals surface area contributed by atoms with E-state index in [1.165, 1.54) is 0 Å². The maximum Gasteiger partial charge on any atom is 0.203 e. The van der Waals surface area contributed by atoms with Gasteiger partial charge in [0.05, 0.1) is 0 Å². The van der Waals surface area contributed by atoms with Gasteiger partial charge in [0.15, 0.2) is 0 Å². The van der Waals surface area contributed by atoms with Gasteiger partial charge in [-0.05, 0) is 12.8 Å². The lowest BCUT2D eigenvalue weighted by Crippen LogP contribution is -1.99. The van der Waals surface area contributed by atoms with Crippen molar-refractivity contribution >= 4 is 0 Å². The van der Waals surface area contributed by atoms with Crippen LogP contribution in [0.3, 0.4) is 0 Å². The standard InChI is InChI=1S/C8H13NO2/c1-2-3-4-5-6-7-8-9(10)11/h2-4H,1,5-8H2/b4-3+. The average Bonchev–Trinajstić information content (AvgIpc) is 1.96. The summed E-state index contributed by atoms with van der Waals surface area (Å²) in [4.78, 5) is 9.58. The molecular weight excluding hydrogens is 142 g/mol. The van der Waals surface area contributed by atoms with Gasteiger partial charge in [-0.2, -0.15) is 0 Å². The molecule has 0 heterocycles. The van der Waals surface area contributed by atoms with E-state index in [0.717, 1.165) is 12.8 Å². The van der Waals surface area contributed by atoms with Crippen molar-refractivity contribution in [3.8, 4) is 0 Å². The quantitative estimate of drug-likeness (QED) is 0.255. The number of hydrogen-bond acceptors (Lipinski definition) is 2. The summed E-state index contributed by atoms with van der Waals surface area (Å²) < 4.78 is 0. The Balaban J connectivity index is 3.08. The summed E-state index contributed by atoms with van der Waals surface area (Å²) in [5.74, 6) is 0. The predicted octanol–water partition coefficient (Wildman–Crippen LogP) is 2.18. The van der Waals surface area contributed by atoms with E-state index in [1.54, 1.807) is 6.08 Å². The lowest BCUT2D eigenvalue weighted by Gasteiger charge is -1.90. The van der Waals surface area contributed by atoms with E-state index in [0.29, 0.717) is 6.42 Å². The Morgan fingerprint density at radius 2 is 2.18 bits per heavy atom. The smallest absolute Gasteiger partial charge is 0.203 e. The molecule has 0 aliphatic heterocycles. The maximum atomic E-state index is 9.86. The lowest BCUT2D eigenvalue weighted by atomic mass is 10.2. The third-order valence-corrected chi connectivity index (χ3v) is 1.23. The topological polar surface area (TPSA) is 43.1 Å². The Morgan fingerprint density at radius 3 is 2.73 bits per heavy atom. The second-order valence-corrected chi connectivity index (χ2v) is 2.22. The van der Waals surface area contributed by atoms with Crippen LogP contribution in [-0.4, -0.2) is 11.5 Å². The van der Waals surface area contributed by atoms with E-state index in [9.17, 15) is 10.1 Å². The van der Waals surface area contributed by atoms with Crippen molar-refractivity contribution in [3.63, 3.8) is 0 Å². The van der Waals surface area contributed by atoms with Crippen LogP contribution in [0.15, 0.2) is 24.8 Å². The van der Waals surface area contributed by atoms with Gasteiger partial charge in [0.1, 0.15) is 0 Å². The van der Waals surface area contributed by atoms with Crippen molar-refractivity contribution in [3.05, 3.63) is 34.9 Å². The summed E-state index contributed by atoms with van der Waals surface area (Å²) in [6.07, 6.45) is 7.96. The van der Waals surface area contributed by atoms with Crippen molar-refractivity contribution in [2.75, 3.05) is 6.54 Å². The number of nitrogens with zero attached hydrogens (tertiary/aromatic N) is 1. The Morgan fingerprint density at radius 1 is 1.45 bits per heavy atom. The highest BCUT2D eigenvalue weighted by molar-refractivity contribution is 4.96. The minimum absolute atomic E-state index is 0.0852. The van der Waals surface area contributed by atoms with E-state index in [-0.39, 0.29) is 11.5 Å². The molecule has 3 heteroatoms. The molecule has 0 aromatic carbocycles. The van der Waals surface area contributed by atoms with E-state index < -0.39 is 0 Å². The van der Waals surface area contributed by atoms with Gasteiger partial charge in [-0.1, -0.05) is 24.8 Å². The molecule has 0 aliphatic carbocycles. The molecule has 0 saturated carbocycles. The molecule has 0 spiro atoms. The van der Waals surface area contributed by atoms with Gasteiger partial charge in [-0.3, -0.25) is 10.1 Å². The van der Waals surface area contributed by atoms with Gasteiger partial charge in [-0.15, -0.1) is 0 Å². The molecule has 0 rings (SSSR count). The van der Waals surface area contributed by atoms with Gasteiger partial charge in [0.25, 0.3) is 0 Å². The Hall–Kier alpha value is -1.12. The summed E-state index contributed by atoms with van der Waals surface area (Å²) in [5.41, 5.74) is 0. The zero-order valence-electron chi connectivity index (χ0n) is 6.53. The molecule has 0 amide bonds. The lowest BCUT2D eigenvalue weighted by molar-refractivity contribution is -0.480. The van der Waals surface area contributed by atoms with Crippen LogP contribution in [0.25, 0.3) is 0 Å². The Labute approximate surface area is 66.6 Å². The molecule has 0 saturated heterocycles. The van der Waals surface area contributed by atoms with Crippen molar-refractivity contribution < 1.29 is 4.92 Å². The molecule has 0 bridgehead atoms. The summed E-state index contributed by atoms with van der Waals surface area (Å²) in [6.45, 7) is 3.60. The van der Waals surface area contributed by atoms with Crippen molar-refractivity contribution in [2.45, 2.75) is 19.3 Å². The number of unbranched alkanes of at least 4 members (excludes halogenated alkanes) is 2. The third kappa shape index (κ3) is 8.88. The molecule has 62 valence electrons. The minimum Gasteiger partial charge on any atom is -0.265 e. The van der Waals surface area contributed by atoms with E-state index in [4.69, 9.17) is 0 Å². The largest absolute Gasteiger partial charge is 0.265 e. The average molecular weight is 155 g/mol. The molecule has 11 heavy (non-hydrogen) atoms. The first kappa shape index (κ1) is 9.88. The van der Waals surface area contributed by atoms with Crippen LogP contribution in [-0.2, 0) is 0 Å². The van der Waals surface area contributed by atoms with Gasteiger partial charge in [-0.25, -0.2) is 0 Å². The van der Waals surface area contributed by atoms with Gasteiger partial charge < -0.3 is 0 Å². The van der Waals surface area contributed by atoms with Crippen molar-refractivity contribution in [1.29, 1.82) is 0 Å². The maximum absolute atomic E-state index is 9.86. The number of hydrogen-bond donors (Lipinski definition) is 0. The van der Waals surface area contributed by atoms with Crippen LogP contribution < -0.4 is 0 Å². The second-order valence-electron chi connectivity index (χ2n) is 2.22. The number of nitro groups is 1. The summed E-state index contributed by atoms with van der Waals surface area (Å²) in [5, 5.41) is 9.86. The fraction of sp³-hybridized carbons (Fsp3) is 0.500. The molecule has 3 nitrogen and oxygen atoms in total. The van der Waals surface area contributed by atoms with E-state index >= 15 is 0 Å². The normalized spacial score (nSPS) is 10.2. The fourth-order valence-electron chi connectivity index (χ4n) is 0.696. The van der Waals surface area contributed by atoms with Crippen LogP contribution in [0.1, 0.15) is 19.3 Å². The molecule has 0 aromatic rings. The van der Waals surface area contributed by atoms with Gasteiger partial charge in [0, 0.05) is 11.3 Å². The monoisotopic (exact) mass is 155 g/mol. The molecule has 0 N–H and O–H groups in total. The van der Waals surface area contributed by atoms with Crippen LogP contribution in [0.5, 0.6) is 0 Å². The first-order valence-electron chi connectivity index (χ1n) is 3.66. The molecule has 0 aromatic heterocycles. The van der Waals surface area contributed by atoms with Gasteiger partial charge in [0.2, 0.25) is 6.54 Å². The highest BCUT2D eigenvalue weighted by Crippen LogP contribution is 1.96. The molecule has 0 radical (unpaired) electrons. The molecular formula is C8H13NO2. The Kier molecular flexibility index (Phi) is 6.28. The van der Waals surface area contributed by atoms with Crippen LogP contribution in [0.4, 0.5) is 0 Å². The second kappa shape index (κ2) is 6.99. The molecule has 0 unspecified atom stereocenters. The highest BCUT2D eigenvalue weighted by atomic mass is 16.6. The van der Waals surface area contributed by atoms with Gasteiger partial charge >= 0.3 is 0 Å². The minimum atomic E-state index is -0.281. The summed E-state index contributed by atoms with van der Waals surface area (Å²) in [6, 6.07) is 0. The molecule has 0 atom stereocenters. The fourth-order valence-corrected chi connectivity index (χ4v) is 0.696. The third-order valence-electron chi connectivity index (χ3n) is 1.23. The van der Waals surface area contributed by atoms with E-state index in [2.05, 4.69) is 6.58 Å². The highest BCUT2D eigenvalue weighted by Gasteiger charge is 1.93. The summed E-state index contributed by atoms with van der Waals surface area (Å²) >= 11 is 0.